The van der Waals surface area contributed by atoms with Gasteiger partial charge in [-0.05, 0) is 19.1 Å². The van der Waals surface area contributed by atoms with Crippen LogP contribution >= 0.6 is 0 Å². The van der Waals surface area contributed by atoms with Gasteiger partial charge in [-0.2, -0.15) is 9.78 Å². The second-order valence-corrected chi connectivity index (χ2v) is 6.88. The molecule has 4 aromatic rings. The maximum Gasteiger partial charge on any atom is 0.282 e. The number of fused-ring (bicyclic) bond motifs is 2. The fourth-order valence-corrected chi connectivity index (χ4v) is 3.48. The predicted molar refractivity (Wildman–Crippen MR) is 119 cm³/mol. The Morgan fingerprint density at radius 2 is 1.75 bits per heavy atom. The smallest absolute Gasteiger partial charge is 0.282 e. The first-order valence-electron chi connectivity index (χ1n) is 9.44. The van der Waals surface area contributed by atoms with E-state index in [1.807, 2.05) is 0 Å². The molecule has 32 heavy (non-hydrogen) atoms. The Labute approximate surface area is 181 Å². The first-order chi connectivity index (χ1) is 15.3. The Bertz CT molecular complexity index is 1480. The maximum absolute atomic E-state index is 13.1. The summed E-state index contributed by atoms with van der Waals surface area (Å²) in [5.74, 6) is 0.892. The van der Waals surface area contributed by atoms with E-state index in [1.165, 1.54) is 32.6 Å². The number of benzene rings is 3. The number of ether oxygens (including phenoxy) is 2. The lowest BCUT2D eigenvalue weighted by molar-refractivity contribution is -0.383. The second-order valence-electron chi connectivity index (χ2n) is 6.88. The number of non-ortho nitro benzene ring substituents is 1. The van der Waals surface area contributed by atoms with E-state index in [9.17, 15) is 20.0 Å². The summed E-state index contributed by atoms with van der Waals surface area (Å²) in [6.45, 7) is 1.59. The molecule has 1 N–H and O–H groups in total. The minimum absolute atomic E-state index is 0.0918. The van der Waals surface area contributed by atoms with Gasteiger partial charge in [0.05, 0.1) is 41.6 Å². The predicted octanol–water partition coefficient (Wildman–Crippen LogP) is 3.37. The summed E-state index contributed by atoms with van der Waals surface area (Å²) in [7, 11) is 2.94. The molecule has 4 rings (SSSR count). The summed E-state index contributed by atoms with van der Waals surface area (Å²) >= 11 is 0. The number of methoxy groups -OCH3 is 2. The lowest BCUT2D eigenvalue weighted by Crippen LogP contribution is -2.20. The molecule has 0 aliphatic rings. The van der Waals surface area contributed by atoms with Crippen molar-refractivity contribution in [3.8, 4) is 17.2 Å². The Kier molecular flexibility index (Phi) is 5.19. The molecule has 0 amide bonds. The van der Waals surface area contributed by atoms with Crippen molar-refractivity contribution in [3.05, 3.63) is 74.3 Å². The van der Waals surface area contributed by atoms with Crippen molar-refractivity contribution in [2.24, 2.45) is 5.10 Å². The van der Waals surface area contributed by atoms with Gasteiger partial charge in [-0.15, -0.1) is 0 Å². The summed E-state index contributed by atoms with van der Waals surface area (Å²) in [6.07, 6.45) is 1.19. The number of hydrogen-bond donors (Lipinski definition) is 1. The Morgan fingerprint density at radius 1 is 1.09 bits per heavy atom. The van der Waals surface area contributed by atoms with E-state index in [0.29, 0.717) is 27.8 Å². The zero-order chi connectivity index (χ0) is 23.0. The summed E-state index contributed by atoms with van der Waals surface area (Å²) in [6, 6.07) is 10.7. The number of aryl methyl sites for hydroxylation is 1. The number of nitro groups is 1. The van der Waals surface area contributed by atoms with Crippen LogP contribution in [0.5, 0.6) is 17.2 Å². The largest absolute Gasteiger partial charge is 0.507 e. The van der Waals surface area contributed by atoms with Gasteiger partial charge in [-0.25, -0.2) is 4.98 Å². The van der Waals surface area contributed by atoms with Crippen LogP contribution in [0.4, 0.5) is 5.69 Å². The van der Waals surface area contributed by atoms with E-state index in [2.05, 4.69) is 10.1 Å². The zero-order valence-corrected chi connectivity index (χ0v) is 17.4. The van der Waals surface area contributed by atoms with Crippen molar-refractivity contribution in [2.45, 2.75) is 6.92 Å². The van der Waals surface area contributed by atoms with Crippen LogP contribution in [0.3, 0.4) is 0 Å². The SMILES string of the molecule is COc1cc2nc(C)n(N=Cc3cc([N+](=O)[O-])c4ccccc4c3O)c(=O)c2cc1OC. The average molecular weight is 434 g/mol. The number of nitro benzene ring substituents is 1. The monoisotopic (exact) mass is 434 g/mol. The van der Waals surface area contributed by atoms with E-state index < -0.39 is 10.5 Å². The van der Waals surface area contributed by atoms with Crippen LogP contribution in [-0.4, -0.2) is 40.1 Å². The van der Waals surface area contributed by atoms with Gasteiger partial charge >= 0.3 is 0 Å². The summed E-state index contributed by atoms with van der Waals surface area (Å²) in [5, 5.41) is 27.1. The van der Waals surface area contributed by atoms with E-state index in [0.717, 1.165) is 4.68 Å². The standard InChI is InChI=1S/C22H18N4O6/c1-12-24-17-10-20(32-3)19(31-2)9-16(17)22(28)25(12)23-11-13-8-18(26(29)30)14-6-4-5-7-15(14)21(13)27/h4-11,27H,1-3H3. The van der Waals surface area contributed by atoms with Crippen LogP contribution in [0.2, 0.25) is 0 Å². The summed E-state index contributed by atoms with van der Waals surface area (Å²) in [5.41, 5.74) is -0.160. The molecule has 0 spiro atoms. The van der Waals surface area contributed by atoms with Crippen molar-refractivity contribution in [1.82, 2.24) is 9.66 Å². The van der Waals surface area contributed by atoms with Gasteiger partial charge in [0.1, 0.15) is 11.6 Å². The van der Waals surface area contributed by atoms with E-state index >= 15 is 0 Å². The molecule has 0 aliphatic heterocycles. The van der Waals surface area contributed by atoms with Gasteiger partial charge in [0.15, 0.2) is 11.5 Å². The molecular formula is C22H18N4O6. The molecule has 10 heteroatoms. The summed E-state index contributed by atoms with van der Waals surface area (Å²) < 4.78 is 11.6. The lowest BCUT2D eigenvalue weighted by Gasteiger charge is -2.10. The minimum Gasteiger partial charge on any atom is -0.507 e. The molecule has 0 fully saturated rings. The van der Waals surface area contributed by atoms with E-state index in [4.69, 9.17) is 9.47 Å². The van der Waals surface area contributed by atoms with Crippen molar-refractivity contribution in [1.29, 1.82) is 0 Å². The first-order valence-corrected chi connectivity index (χ1v) is 9.44. The van der Waals surface area contributed by atoms with Gasteiger partial charge in [0.2, 0.25) is 0 Å². The number of aromatic nitrogens is 2. The van der Waals surface area contributed by atoms with Crippen LogP contribution in [0.15, 0.2) is 52.4 Å². The molecule has 0 saturated carbocycles. The molecule has 0 unspecified atom stereocenters. The second kappa shape index (κ2) is 7.99. The fourth-order valence-electron chi connectivity index (χ4n) is 3.48. The summed E-state index contributed by atoms with van der Waals surface area (Å²) in [4.78, 5) is 28.4. The number of phenolic OH excluding ortho intramolecular Hbond substituents is 1. The highest BCUT2D eigenvalue weighted by Gasteiger charge is 2.18. The Morgan fingerprint density at radius 3 is 2.41 bits per heavy atom. The third kappa shape index (κ3) is 3.37. The van der Waals surface area contributed by atoms with Crippen LogP contribution in [0.1, 0.15) is 11.4 Å². The number of phenols is 1. The number of hydrogen-bond acceptors (Lipinski definition) is 8. The fraction of sp³-hybridized carbons (Fsp3) is 0.136. The first kappa shape index (κ1) is 20.8. The molecule has 0 radical (unpaired) electrons. The van der Waals surface area contributed by atoms with Crippen molar-refractivity contribution >= 4 is 33.6 Å². The number of aromatic hydroxyl groups is 1. The molecule has 162 valence electrons. The lowest BCUT2D eigenvalue weighted by atomic mass is 10.0. The quantitative estimate of drug-likeness (QED) is 0.290. The van der Waals surface area contributed by atoms with Crippen LogP contribution in [0.25, 0.3) is 21.7 Å². The molecule has 3 aromatic carbocycles. The molecular weight excluding hydrogens is 416 g/mol. The molecule has 0 atom stereocenters. The molecule has 0 aliphatic carbocycles. The van der Waals surface area contributed by atoms with Crippen LogP contribution < -0.4 is 15.0 Å². The highest BCUT2D eigenvalue weighted by Crippen LogP contribution is 2.35. The van der Waals surface area contributed by atoms with Gasteiger partial charge in [0.25, 0.3) is 11.2 Å². The number of rotatable bonds is 5. The van der Waals surface area contributed by atoms with E-state index in [1.54, 1.807) is 37.3 Å². The molecule has 0 saturated heterocycles. The Balaban J connectivity index is 1.89. The van der Waals surface area contributed by atoms with Crippen LogP contribution in [-0.2, 0) is 0 Å². The highest BCUT2D eigenvalue weighted by molar-refractivity contribution is 6.02. The molecule has 10 nitrogen and oxygen atoms in total. The molecule has 0 bridgehead atoms. The average Bonchev–Trinajstić information content (AvgIpc) is 2.79. The third-order valence-electron chi connectivity index (χ3n) is 5.05. The topological polar surface area (TPSA) is 129 Å². The van der Waals surface area contributed by atoms with Crippen molar-refractivity contribution < 1.29 is 19.5 Å². The highest BCUT2D eigenvalue weighted by atomic mass is 16.6. The number of nitrogens with zero attached hydrogens (tertiary/aromatic N) is 4. The normalized spacial score (nSPS) is 11.3. The molecule has 1 aromatic heterocycles. The minimum atomic E-state index is -0.534. The maximum atomic E-state index is 13.1. The third-order valence-corrected chi connectivity index (χ3v) is 5.05. The van der Waals surface area contributed by atoms with Gasteiger partial charge in [0, 0.05) is 23.1 Å². The molecule has 1 heterocycles. The van der Waals surface area contributed by atoms with Gasteiger partial charge in [-0.1, -0.05) is 18.2 Å². The van der Waals surface area contributed by atoms with Crippen molar-refractivity contribution in [2.75, 3.05) is 14.2 Å². The van der Waals surface area contributed by atoms with Gasteiger partial charge < -0.3 is 14.6 Å². The van der Waals surface area contributed by atoms with Gasteiger partial charge in [-0.3, -0.25) is 14.9 Å². The van der Waals surface area contributed by atoms with Crippen LogP contribution in [0, 0.1) is 17.0 Å². The van der Waals surface area contributed by atoms with Crippen molar-refractivity contribution in [3.63, 3.8) is 0 Å². The van der Waals surface area contributed by atoms with E-state index in [-0.39, 0.29) is 28.2 Å². The Hall–Kier alpha value is -4.47. The zero-order valence-electron chi connectivity index (χ0n) is 17.4.